The lowest BCUT2D eigenvalue weighted by Crippen LogP contribution is -2.50. The highest BCUT2D eigenvalue weighted by Gasteiger charge is 2.43. The minimum Gasteiger partial charge on any atom is -0.342 e. The molecule has 1 heterocycles. The van der Waals surface area contributed by atoms with E-state index >= 15 is 8.78 Å². The maximum absolute atomic E-state index is 16.2. The first-order valence-electron chi connectivity index (χ1n) is 13.0. The molecule has 0 aromatic heterocycles. The Balaban J connectivity index is 1.86. The molecule has 194 valence electrons. The number of hydrogen-bond acceptors (Lipinski definition) is 3. The summed E-state index contributed by atoms with van der Waals surface area (Å²) in [4.78, 5) is 40.3. The van der Waals surface area contributed by atoms with Crippen LogP contribution < -0.4 is 5.32 Å². The average molecular weight is 491 g/mol. The van der Waals surface area contributed by atoms with Crippen molar-refractivity contribution in [2.75, 3.05) is 13.1 Å². The van der Waals surface area contributed by atoms with Crippen molar-refractivity contribution >= 4 is 17.6 Å². The second-order valence-electron chi connectivity index (χ2n) is 11.6. The normalized spacial score (nSPS) is 22.7. The fourth-order valence-electron chi connectivity index (χ4n) is 5.40. The molecule has 7 heteroatoms. The van der Waals surface area contributed by atoms with Crippen molar-refractivity contribution in [1.82, 2.24) is 10.2 Å². The zero-order valence-corrected chi connectivity index (χ0v) is 21.8. The van der Waals surface area contributed by atoms with E-state index in [1.807, 2.05) is 0 Å². The van der Waals surface area contributed by atoms with Crippen molar-refractivity contribution in [2.45, 2.75) is 91.3 Å². The molecule has 1 saturated heterocycles. The minimum absolute atomic E-state index is 0.0247. The molecule has 3 rings (SSSR count). The molecule has 1 aliphatic carbocycles. The number of carbonyl (C=O) groups excluding carboxylic acids is 3. The van der Waals surface area contributed by atoms with Crippen molar-refractivity contribution in [3.8, 4) is 0 Å². The molecule has 1 N–H and O–H groups in total. The number of hydrogen-bond donors (Lipinski definition) is 1. The van der Waals surface area contributed by atoms with Gasteiger partial charge in [0.25, 0.3) is 5.91 Å². The maximum Gasteiger partial charge on any atom is 0.254 e. The predicted molar refractivity (Wildman–Crippen MR) is 132 cm³/mol. The Morgan fingerprint density at radius 1 is 1.09 bits per heavy atom. The summed E-state index contributed by atoms with van der Waals surface area (Å²) in [6.45, 7) is 9.09. The Labute approximate surface area is 208 Å². The topological polar surface area (TPSA) is 66.5 Å². The molecule has 1 aliphatic heterocycles. The van der Waals surface area contributed by atoms with Gasteiger partial charge in [0.2, 0.25) is 5.91 Å². The van der Waals surface area contributed by atoms with E-state index in [4.69, 9.17) is 0 Å². The van der Waals surface area contributed by atoms with Gasteiger partial charge in [0, 0.05) is 23.4 Å². The summed E-state index contributed by atoms with van der Waals surface area (Å²) in [6.07, 6.45) is 5.27. The molecule has 0 bridgehead atoms. The molecule has 1 aromatic carbocycles. The van der Waals surface area contributed by atoms with Crippen LogP contribution in [0.5, 0.6) is 0 Å². The van der Waals surface area contributed by atoms with Gasteiger partial charge in [-0.2, -0.15) is 0 Å². The minimum atomic E-state index is -2.09. The van der Waals surface area contributed by atoms with Crippen LogP contribution in [-0.4, -0.2) is 41.6 Å². The highest BCUT2D eigenvalue weighted by molar-refractivity contribution is 5.98. The van der Waals surface area contributed by atoms with Crippen molar-refractivity contribution in [3.63, 3.8) is 0 Å². The smallest absolute Gasteiger partial charge is 0.254 e. The molecule has 2 atom stereocenters. The lowest BCUT2D eigenvalue weighted by atomic mass is 9.80. The Kier molecular flexibility index (Phi) is 8.38. The van der Waals surface area contributed by atoms with E-state index in [1.165, 1.54) is 23.1 Å². The third-order valence-corrected chi connectivity index (χ3v) is 7.38. The lowest BCUT2D eigenvalue weighted by Gasteiger charge is -2.40. The molecule has 0 radical (unpaired) electrons. The summed E-state index contributed by atoms with van der Waals surface area (Å²) < 4.78 is 31.9. The number of amides is 2. The maximum atomic E-state index is 16.2. The molecule has 1 saturated carbocycles. The van der Waals surface area contributed by atoms with Crippen LogP contribution >= 0.6 is 0 Å². The summed E-state index contributed by atoms with van der Waals surface area (Å²) >= 11 is 0. The van der Waals surface area contributed by atoms with E-state index in [0.717, 1.165) is 32.1 Å². The van der Waals surface area contributed by atoms with Crippen molar-refractivity contribution in [2.24, 2.45) is 17.3 Å². The SMILES string of the molecule is CC(C)C(=O)[C@H](NC(=O)c1cccc([C@]2(F)CCCN(C(=O)C(C)(C)C)C2)c1F)C1CCCCC1. The molecule has 0 unspecified atom stereocenters. The number of Topliss-reactive ketones (excluding diaryl/α,β-unsaturated/α-hetero) is 1. The van der Waals surface area contributed by atoms with Crippen LogP contribution in [0.1, 0.15) is 95.5 Å². The molecule has 2 amide bonds. The summed E-state index contributed by atoms with van der Waals surface area (Å²) in [6, 6.07) is 3.48. The summed E-state index contributed by atoms with van der Waals surface area (Å²) in [5, 5.41) is 2.80. The number of alkyl halides is 1. The molecule has 35 heavy (non-hydrogen) atoms. The molecular weight excluding hydrogens is 450 g/mol. The number of carbonyl (C=O) groups is 3. The van der Waals surface area contributed by atoms with E-state index < -0.39 is 28.8 Å². The second kappa shape index (κ2) is 10.8. The molecule has 0 spiro atoms. The van der Waals surface area contributed by atoms with Crippen molar-refractivity contribution in [1.29, 1.82) is 0 Å². The Bertz CT molecular complexity index is 950. The van der Waals surface area contributed by atoms with Gasteiger partial charge in [-0.3, -0.25) is 14.4 Å². The molecule has 2 aliphatic rings. The number of benzene rings is 1. The number of halogens is 2. The number of rotatable bonds is 6. The van der Waals surface area contributed by atoms with Gasteiger partial charge in [-0.1, -0.05) is 66.0 Å². The summed E-state index contributed by atoms with van der Waals surface area (Å²) in [7, 11) is 0. The van der Waals surface area contributed by atoms with Gasteiger partial charge in [0.1, 0.15) is 5.82 Å². The highest BCUT2D eigenvalue weighted by atomic mass is 19.1. The average Bonchev–Trinajstić information content (AvgIpc) is 2.81. The highest BCUT2D eigenvalue weighted by Crippen LogP contribution is 2.39. The fraction of sp³-hybridized carbons (Fsp3) is 0.679. The van der Waals surface area contributed by atoms with Gasteiger partial charge in [-0.15, -0.1) is 0 Å². The van der Waals surface area contributed by atoms with Crippen molar-refractivity contribution < 1.29 is 23.2 Å². The van der Waals surface area contributed by atoms with Crippen LogP contribution in [0.3, 0.4) is 0 Å². The van der Waals surface area contributed by atoms with Crippen LogP contribution in [0.2, 0.25) is 0 Å². The number of nitrogens with one attached hydrogen (secondary N) is 1. The van der Waals surface area contributed by atoms with Gasteiger partial charge in [0.05, 0.1) is 18.2 Å². The largest absolute Gasteiger partial charge is 0.342 e. The zero-order valence-electron chi connectivity index (χ0n) is 21.8. The lowest BCUT2D eigenvalue weighted by molar-refractivity contribution is -0.144. The number of piperidine rings is 1. The Hall–Kier alpha value is -2.31. The third-order valence-electron chi connectivity index (χ3n) is 7.38. The van der Waals surface area contributed by atoms with E-state index in [0.29, 0.717) is 13.0 Å². The van der Waals surface area contributed by atoms with Crippen LogP contribution in [0.4, 0.5) is 8.78 Å². The number of nitrogens with zero attached hydrogens (tertiary/aromatic N) is 1. The standard InChI is InChI=1S/C28H40F2N2O3/c1-18(2)24(33)23(19-11-7-6-8-12-19)31-25(34)20-13-9-14-21(22(20)29)28(30)15-10-16-32(17-28)26(35)27(3,4)5/h9,13-14,18-19,23H,6-8,10-12,15-17H2,1-5H3,(H,31,34)/t23-,28+/m1/s1. The number of likely N-dealkylation sites (tertiary alicyclic amines) is 1. The van der Waals surface area contributed by atoms with Crippen LogP contribution in [0, 0.1) is 23.1 Å². The van der Waals surface area contributed by atoms with Gasteiger partial charge >= 0.3 is 0 Å². The van der Waals surface area contributed by atoms with E-state index in [-0.39, 0.29) is 47.6 Å². The van der Waals surface area contributed by atoms with Crippen LogP contribution in [0.15, 0.2) is 18.2 Å². The van der Waals surface area contributed by atoms with E-state index in [2.05, 4.69) is 5.32 Å². The first kappa shape index (κ1) is 27.3. The number of ketones is 1. The van der Waals surface area contributed by atoms with Crippen LogP contribution in [-0.2, 0) is 15.3 Å². The fourth-order valence-corrected chi connectivity index (χ4v) is 5.40. The van der Waals surface area contributed by atoms with Gasteiger partial charge in [-0.25, -0.2) is 8.78 Å². The van der Waals surface area contributed by atoms with Crippen LogP contribution in [0.25, 0.3) is 0 Å². The molecule has 5 nitrogen and oxygen atoms in total. The Morgan fingerprint density at radius 2 is 1.74 bits per heavy atom. The predicted octanol–water partition coefficient (Wildman–Crippen LogP) is 5.56. The van der Waals surface area contributed by atoms with Crippen molar-refractivity contribution in [3.05, 3.63) is 35.1 Å². The summed E-state index contributed by atoms with van der Waals surface area (Å²) in [5.74, 6) is -2.10. The first-order valence-corrected chi connectivity index (χ1v) is 13.0. The van der Waals surface area contributed by atoms with E-state index in [9.17, 15) is 14.4 Å². The molecule has 2 fully saturated rings. The van der Waals surface area contributed by atoms with Gasteiger partial charge in [0.15, 0.2) is 11.5 Å². The van der Waals surface area contributed by atoms with E-state index in [1.54, 1.807) is 34.6 Å². The molecular formula is C28H40F2N2O3. The monoisotopic (exact) mass is 490 g/mol. The second-order valence-corrected chi connectivity index (χ2v) is 11.6. The molecule has 1 aromatic rings. The van der Waals surface area contributed by atoms with Gasteiger partial charge < -0.3 is 10.2 Å². The Morgan fingerprint density at radius 3 is 2.34 bits per heavy atom. The first-order chi connectivity index (χ1) is 16.3. The third kappa shape index (κ3) is 6.10. The zero-order chi connectivity index (χ0) is 26.0. The quantitative estimate of drug-likeness (QED) is 0.568. The van der Waals surface area contributed by atoms with Gasteiger partial charge in [-0.05, 0) is 37.7 Å². The summed E-state index contributed by atoms with van der Waals surface area (Å²) in [5.41, 5.74) is -3.23.